The maximum Gasteiger partial charge on any atom is 0.329 e. The van der Waals surface area contributed by atoms with Crippen LogP contribution in [0.3, 0.4) is 0 Å². The van der Waals surface area contributed by atoms with Crippen LogP contribution in [-0.4, -0.2) is 50.9 Å². The normalized spacial score (nSPS) is 16.7. The second-order valence-electron chi connectivity index (χ2n) is 9.43. The number of hydrogen-bond acceptors (Lipinski definition) is 7. The van der Waals surface area contributed by atoms with Gasteiger partial charge in [0.25, 0.3) is 0 Å². The number of carbonyl (C=O) groups is 4. The largest absolute Gasteiger partial charge is 0.508 e. The Balaban J connectivity index is 2.24. The fraction of sp³-hybridized carbons (Fsp3) is 0.600. The summed E-state index contributed by atoms with van der Waals surface area (Å²) in [4.78, 5) is 51.1. The Kier molecular flexibility index (Phi) is 9.97. The van der Waals surface area contributed by atoms with Crippen molar-refractivity contribution < 1.29 is 29.0 Å². The third kappa shape index (κ3) is 7.75. The summed E-state index contributed by atoms with van der Waals surface area (Å²) >= 11 is 0.961. The first-order valence-electron chi connectivity index (χ1n) is 11.7. The minimum Gasteiger partial charge on any atom is -0.508 e. The monoisotopic (exact) mass is 492 g/mol. The van der Waals surface area contributed by atoms with Crippen LogP contribution in [-0.2, 0) is 30.3 Å². The first kappa shape index (κ1) is 27.7. The van der Waals surface area contributed by atoms with E-state index in [1.165, 1.54) is 19.1 Å². The van der Waals surface area contributed by atoms with Gasteiger partial charge in [-0.1, -0.05) is 50.6 Å². The molecule has 1 aromatic rings. The van der Waals surface area contributed by atoms with Gasteiger partial charge in [0, 0.05) is 13.3 Å². The molecule has 0 spiro atoms. The Hall–Kier alpha value is -2.55. The highest BCUT2D eigenvalue weighted by molar-refractivity contribution is 8.14. The highest BCUT2D eigenvalue weighted by Gasteiger charge is 2.45. The smallest absolute Gasteiger partial charge is 0.329 e. The molecule has 1 fully saturated rings. The molecule has 1 aromatic carbocycles. The first-order valence-corrected chi connectivity index (χ1v) is 12.6. The number of benzene rings is 1. The van der Waals surface area contributed by atoms with E-state index in [9.17, 15) is 24.3 Å². The standard InChI is InChI=1S/C25H36N2O6S/c1-15(2)21(34-17(5)28)22(30)27-25(12-6-7-13-25)24(32)26-20(23(31)33-16(3)4)14-18-8-10-19(29)11-9-18/h8-11,15-16,20-21,29H,6-7,12-14H2,1-5H3,(H,26,32)(H,27,30)/t20-,21-/m0/s1. The third-order valence-corrected chi connectivity index (χ3v) is 7.07. The summed E-state index contributed by atoms with van der Waals surface area (Å²) in [5, 5.41) is 14.5. The maximum atomic E-state index is 13.5. The number of phenols is 1. The summed E-state index contributed by atoms with van der Waals surface area (Å²) in [5.74, 6) is -1.35. The fourth-order valence-electron chi connectivity index (χ4n) is 4.04. The van der Waals surface area contributed by atoms with Gasteiger partial charge < -0.3 is 20.5 Å². The quantitative estimate of drug-likeness (QED) is 0.429. The number of thioether (sulfide) groups is 1. The van der Waals surface area contributed by atoms with E-state index in [2.05, 4.69) is 10.6 Å². The molecule has 0 heterocycles. The van der Waals surface area contributed by atoms with Crippen LogP contribution in [0.1, 0.15) is 65.9 Å². The molecule has 1 saturated carbocycles. The van der Waals surface area contributed by atoms with Crippen molar-refractivity contribution in [1.82, 2.24) is 10.6 Å². The SMILES string of the molecule is CC(=O)S[C@H](C(=O)NC1(C(=O)N[C@@H](Cc2ccc(O)cc2)C(=O)OC(C)C)CCCC1)C(C)C. The van der Waals surface area contributed by atoms with Crippen molar-refractivity contribution in [3.8, 4) is 5.75 Å². The van der Waals surface area contributed by atoms with Crippen LogP contribution in [0.4, 0.5) is 0 Å². The van der Waals surface area contributed by atoms with Gasteiger partial charge in [0.2, 0.25) is 11.8 Å². The maximum absolute atomic E-state index is 13.5. The van der Waals surface area contributed by atoms with E-state index < -0.39 is 28.7 Å². The molecule has 0 bridgehead atoms. The zero-order chi connectivity index (χ0) is 25.5. The number of ether oxygens (including phenoxy) is 1. The van der Waals surface area contributed by atoms with Gasteiger partial charge in [-0.15, -0.1) is 0 Å². The summed E-state index contributed by atoms with van der Waals surface area (Å²) in [6.07, 6.45) is 2.24. The van der Waals surface area contributed by atoms with Gasteiger partial charge in [0.1, 0.15) is 17.3 Å². The number of amides is 2. The molecule has 34 heavy (non-hydrogen) atoms. The molecule has 0 aliphatic heterocycles. The molecule has 188 valence electrons. The molecule has 0 saturated heterocycles. The Bertz CT molecular complexity index is 878. The van der Waals surface area contributed by atoms with Crippen LogP contribution in [0.2, 0.25) is 0 Å². The van der Waals surface area contributed by atoms with Crippen LogP contribution in [0.5, 0.6) is 5.75 Å². The minimum absolute atomic E-state index is 0.0984. The average Bonchev–Trinajstić information content (AvgIpc) is 3.21. The zero-order valence-corrected chi connectivity index (χ0v) is 21.4. The molecule has 2 atom stereocenters. The summed E-state index contributed by atoms with van der Waals surface area (Å²) < 4.78 is 5.37. The van der Waals surface area contributed by atoms with Crippen molar-refractivity contribution in [2.45, 2.75) is 89.7 Å². The first-order chi connectivity index (χ1) is 15.9. The lowest BCUT2D eigenvalue weighted by molar-refractivity contribution is -0.152. The molecule has 0 radical (unpaired) electrons. The van der Waals surface area contributed by atoms with E-state index in [4.69, 9.17) is 4.74 Å². The van der Waals surface area contributed by atoms with Gasteiger partial charge in [-0.2, -0.15) is 0 Å². The number of esters is 1. The molecule has 1 aliphatic carbocycles. The molecule has 1 aliphatic rings. The number of hydrogen-bond donors (Lipinski definition) is 3. The molecule has 9 heteroatoms. The lowest BCUT2D eigenvalue weighted by atomic mass is 9.94. The third-order valence-electron chi connectivity index (χ3n) is 5.73. The van der Waals surface area contributed by atoms with Gasteiger partial charge in [-0.25, -0.2) is 4.79 Å². The van der Waals surface area contributed by atoms with Crippen LogP contribution >= 0.6 is 11.8 Å². The minimum atomic E-state index is -1.15. The molecule has 3 N–H and O–H groups in total. The lowest BCUT2D eigenvalue weighted by Crippen LogP contribution is -2.61. The predicted molar refractivity (Wildman–Crippen MR) is 131 cm³/mol. The van der Waals surface area contributed by atoms with Gasteiger partial charge in [0.05, 0.1) is 11.4 Å². The summed E-state index contributed by atoms with van der Waals surface area (Å²) in [5.41, 5.74) is -0.404. The van der Waals surface area contributed by atoms with Gasteiger partial charge in [-0.05, 0) is 50.3 Å². The number of aromatic hydroxyl groups is 1. The second-order valence-corrected chi connectivity index (χ2v) is 10.8. The van der Waals surface area contributed by atoms with Crippen molar-refractivity contribution in [3.05, 3.63) is 29.8 Å². The van der Waals surface area contributed by atoms with E-state index in [0.717, 1.165) is 30.2 Å². The number of carbonyl (C=O) groups excluding carboxylic acids is 4. The summed E-state index contributed by atoms with van der Waals surface area (Å²) in [6, 6.07) is 5.42. The highest BCUT2D eigenvalue weighted by Crippen LogP contribution is 2.32. The Morgan fingerprint density at radius 2 is 1.65 bits per heavy atom. The van der Waals surface area contributed by atoms with Gasteiger partial charge in [-0.3, -0.25) is 14.4 Å². The average molecular weight is 493 g/mol. The Morgan fingerprint density at radius 3 is 2.15 bits per heavy atom. The molecule has 8 nitrogen and oxygen atoms in total. The van der Waals surface area contributed by atoms with Crippen molar-refractivity contribution in [1.29, 1.82) is 0 Å². The number of nitrogens with one attached hydrogen (secondary N) is 2. The molecule has 2 amide bonds. The molecular formula is C25H36N2O6S. The van der Waals surface area contributed by atoms with Crippen LogP contribution in [0, 0.1) is 5.92 Å². The van der Waals surface area contributed by atoms with Crippen molar-refractivity contribution >= 4 is 34.7 Å². The topological polar surface area (TPSA) is 122 Å². The molecular weight excluding hydrogens is 456 g/mol. The zero-order valence-electron chi connectivity index (χ0n) is 20.6. The predicted octanol–water partition coefficient (Wildman–Crippen LogP) is 3.10. The van der Waals surface area contributed by atoms with Crippen molar-refractivity contribution in [2.24, 2.45) is 5.92 Å². The van der Waals surface area contributed by atoms with E-state index in [1.54, 1.807) is 26.0 Å². The van der Waals surface area contributed by atoms with Crippen LogP contribution in [0.15, 0.2) is 24.3 Å². The van der Waals surface area contributed by atoms with Crippen molar-refractivity contribution in [3.63, 3.8) is 0 Å². The summed E-state index contributed by atoms with van der Waals surface area (Å²) in [7, 11) is 0. The van der Waals surface area contributed by atoms with E-state index in [1.807, 2.05) is 13.8 Å². The number of phenolic OH excluding ortho intramolecular Hbond substituents is 1. The van der Waals surface area contributed by atoms with Crippen LogP contribution < -0.4 is 10.6 Å². The van der Waals surface area contributed by atoms with E-state index in [-0.39, 0.29) is 35.2 Å². The molecule has 0 unspecified atom stereocenters. The second kappa shape index (κ2) is 12.2. The Morgan fingerprint density at radius 1 is 1.06 bits per heavy atom. The van der Waals surface area contributed by atoms with E-state index in [0.29, 0.717) is 12.8 Å². The van der Waals surface area contributed by atoms with Gasteiger partial charge >= 0.3 is 5.97 Å². The van der Waals surface area contributed by atoms with Gasteiger partial charge in [0.15, 0.2) is 5.12 Å². The molecule has 0 aromatic heterocycles. The highest BCUT2D eigenvalue weighted by atomic mass is 32.2. The lowest BCUT2D eigenvalue weighted by Gasteiger charge is -2.33. The van der Waals surface area contributed by atoms with Crippen LogP contribution in [0.25, 0.3) is 0 Å². The number of rotatable bonds is 10. The van der Waals surface area contributed by atoms with Crippen molar-refractivity contribution in [2.75, 3.05) is 0 Å². The molecule has 2 rings (SSSR count). The Labute approximate surface area is 205 Å². The van der Waals surface area contributed by atoms with E-state index >= 15 is 0 Å². The summed E-state index contributed by atoms with van der Waals surface area (Å²) in [6.45, 7) is 8.59. The fourth-order valence-corrected chi connectivity index (χ4v) is 4.83.